The number of hydrogen-bond acceptors (Lipinski definition) is 6. The Morgan fingerprint density at radius 3 is 2.79 bits per heavy atom. The molecule has 8 nitrogen and oxygen atoms in total. The average Bonchev–Trinajstić information content (AvgIpc) is 3.50. The van der Waals surface area contributed by atoms with E-state index in [-0.39, 0.29) is 42.6 Å². The number of fused-ring (bicyclic) bond motifs is 2. The van der Waals surface area contributed by atoms with Crippen LogP contribution in [0.25, 0.3) is 0 Å². The number of amides is 3. The molecule has 1 saturated heterocycles. The molecule has 3 amide bonds. The van der Waals surface area contributed by atoms with Crippen LogP contribution in [0.1, 0.15) is 52.1 Å². The quantitative estimate of drug-likeness (QED) is 0.657. The number of benzene rings is 1. The summed E-state index contributed by atoms with van der Waals surface area (Å²) >= 11 is 1.36. The van der Waals surface area contributed by atoms with Crippen LogP contribution >= 0.6 is 11.3 Å². The molecular formula is C25H29N3O5S. The van der Waals surface area contributed by atoms with Crippen LogP contribution < -0.4 is 15.4 Å². The summed E-state index contributed by atoms with van der Waals surface area (Å²) in [6, 6.07) is 8.53. The number of thiophene rings is 1. The molecule has 1 saturated carbocycles. The molecule has 2 aliphatic heterocycles. The molecule has 0 unspecified atom stereocenters. The van der Waals surface area contributed by atoms with Crippen LogP contribution in [-0.2, 0) is 9.53 Å². The van der Waals surface area contributed by atoms with Crippen molar-refractivity contribution in [2.45, 2.75) is 50.4 Å². The van der Waals surface area contributed by atoms with Gasteiger partial charge >= 0.3 is 0 Å². The van der Waals surface area contributed by atoms with Crippen molar-refractivity contribution < 1.29 is 23.9 Å². The van der Waals surface area contributed by atoms with Crippen LogP contribution in [0.3, 0.4) is 0 Å². The van der Waals surface area contributed by atoms with E-state index in [0.29, 0.717) is 40.6 Å². The van der Waals surface area contributed by atoms with Crippen molar-refractivity contribution >= 4 is 34.7 Å². The number of carbonyl (C=O) groups is 3. The van der Waals surface area contributed by atoms with Crippen molar-refractivity contribution in [3.8, 4) is 5.75 Å². The molecule has 5 rings (SSSR count). The fourth-order valence-electron chi connectivity index (χ4n) is 4.56. The topological polar surface area (TPSA) is 97.0 Å². The van der Waals surface area contributed by atoms with Gasteiger partial charge in [0.1, 0.15) is 18.5 Å². The van der Waals surface area contributed by atoms with Gasteiger partial charge in [-0.25, -0.2) is 0 Å². The first-order valence-electron chi connectivity index (χ1n) is 11.8. The third-order valence-electron chi connectivity index (χ3n) is 6.71. The molecule has 1 aromatic heterocycles. The predicted molar refractivity (Wildman–Crippen MR) is 128 cm³/mol. The number of rotatable bonds is 6. The Bertz CT molecular complexity index is 1070. The van der Waals surface area contributed by atoms with Crippen LogP contribution in [-0.4, -0.2) is 61.1 Å². The van der Waals surface area contributed by atoms with Crippen LogP contribution in [0.15, 0.2) is 35.7 Å². The van der Waals surface area contributed by atoms with E-state index < -0.39 is 0 Å². The number of nitrogens with one attached hydrogen (secondary N) is 2. The highest BCUT2D eigenvalue weighted by atomic mass is 32.1. The summed E-state index contributed by atoms with van der Waals surface area (Å²) in [7, 11) is 1.78. The molecule has 2 fully saturated rings. The average molecular weight is 484 g/mol. The Balaban J connectivity index is 1.25. The van der Waals surface area contributed by atoms with E-state index in [4.69, 9.17) is 9.47 Å². The zero-order valence-electron chi connectivity index (χ0n) is 19.1. The lowest BCUT2D eigenvalue weighted by atomic mass is 9.94. The Morgan fingerprint density at radius 2 is 2.03 bits per heavy atom. The standard InChI is InChI=1S/C25H29N3O5S/c1-28-19-8-7-17(12-23(29)26-13-15-4-5-15)33-21(19)14-32-20-9-6-16(11-18(20)25(28)31)27-24(30)22-3-2-10-34-22/h2-3,6,9-11,15,17,19,21H,4-5,7-8,12-14H2,1H3,(H,26,29)(H,27,30)/t17-,19+,21-/m1/s1. The van der Waals surface area contributed by atoms with Gasteiger partial charge in [0.05, 0.1) is 29.0 Å². The van der Waals surface area contributed by atoms with Crippen LogP contribution in [0.4, 0.5) is 5.69 Å². The summed E-state index contributed by atoms with van der Waals surface area (Å²) in [5.41, 5.74) is 0.947. The summed E-state index contributed by atoms with van der Waals surface area (Å²) in [5, 5.41) is 7.69. The Hall–Kier alpha value is -2.91. The van der Waals surface area contributed by atoms with E-state index in [9.17, 15) is 14.4 Å². The number of hydrogen-bond donors (Lipinski definition) is 2. The molecule has 34 heavy (non-hydrogen) atoms. The van der Waals surface area contributed by atoms with E-state index in [0.717, 1.165) is 13.0 Å². The SMILES string of the molecule is CN1C(=O)c2cc(NC(=O)c3cccs3)ccc2OC[C@H]2O[C@@H](CC(=O)NCC3CC3)CC[C@@H]21. The van der Waals surface area contributed by atoms with Gasteiger partial charge in [0.15, 0.2) is 0 Å². The van der Waals surface area contributed by atoms with Gasteiger partial charge in [0, 0.05) is 19.3 Å². The van der Waals surface area contributed by atoms with E-state index in [1.54, 1.807) is 36.2 Å². The van der Waals surface area contributed by atoms with Crippen molar-refractivity contribution in [2.75, 3.05) is 25.5 Å². The van der Waals surface area contributed by atoms with Gasteiger partial charge in [0.2, 0.25) is 5.91 Å². The van der Waals surface area contributed by atoms with Crippen LogP contribution in [0, 0.1) is 5.92 Å². The first-order valence-corrected chi connectivity index (χ1v) is 12.7. The number of anilines is 1. The van der Waals surface area contributed by atoms with Gasteiger partial charge in [-0.1, -0.05) is 6.07 Å². The zero-order valence-corrected chi connectivity index (χ0v) is 19.9. The van der Waals surface area contributed by atoms with E-state index in [1.165, 1.54) is 24.2 Å². The molecule has 1 aliphatic carbocycles. The molecule has 2 N–H and O–H groups in total. The minimum atomic E-state index is -0.310. The molecule has 0 radical (unpaired) electrons. The summed E-state index contributed by atoms with van der Waals surface area (Å²) in [6.07, 6.45) is 3.69. The minimum absolute atomic E-state index is 0.0222. The van der Waals surface area contributed by atoms with E-state index >= 15 is 0 Å². The lowest BCUT2D eigenvalue weighted by Crippen LogP contribution is -2.54. The molecule has 9 heteroatoms. The van der Waals surface area contributed by atoms with E-state index in [2.05, 4.69) is 10.6 Å². The van der Waals surface area contributed by atoms with Gasteiger partial charge in [0.25, 0.3) is 11.8 Å². The third kappa shape index (κ3) is 5.10. The molecule has 1 aromatic carbocycles. The molecule has 0 bridgehead atoms. The summed E-state index contributed by atoms with van der Waals surface area (Å²) in [5.74, 6) is 0.729. The van der Waals surface area contributed by atoms with Crippen molar-refractivity contribution in [1.29, 1.82) is 0 Å². The molecule has 3 heterocycles. The second kappa shape index (κ2) is 9.76. The van der Waals surface area contributed by atoms with Crippen molar-refractivity contribution in [3.05, 3.63) is 46.2 Å². The van der Waals surface area contributed by atoms with Crippen LogP contribution in [0.2, 0.25) is 0 Å². The molecule has 3 atom stereocenters. The lowest BCUT2D eigenvalue weighted by Gasteiger charge is -2.42. The minimum Gasteiger partial charge on any atom is -0.490 e. The zero-order chi connectivity index (χ0) is 23.7. The monoisotopic (exact) mass is 483 g/mol. The third-order valence-corrected chi connectivity index (χ3v) is 7.58. The van der Waals surface area contributed by atoms with Gasteiger partial charge in [-0.2, -0.15) is 0 Å². The second-order valence-corrected chi connectivity index (χ2v) is 10.2. The highest BCUT2D eigenvalue weighted by Gasteiger charge is 2.39. The number of carbonyl (C=O) groups excluding carboxylic acids is 3. The highest BCUT2D eigenvalue weighted by Crippen LogP contribution is 2.33. The maximum atomic E-state index is 13.3. The number of nitrogens with zero attached hydrogens (tertiary/aromatic N) is 1. The molecular weight excluding hydrogens is 454 g/mol. The normalized spacial score (nSPS) is 24.2. The summed E-state index contributed by atoms with van der Waals surface area (Å²) in [4.78, 5) is 40.3. The van der Waals surface area contributed by atoms with Gasteiger partial charge in [-0.05, 0) is 61.2 Å². The highest BCUT2D eigenvalue weighted by molar-refractivity contribution is 7.12. The van der Waals surface area contributed by atoms with Gasteiger partial charge in [-0.3, -0.25) is 14.4 Å². The van der Waals surface area contributed by atoms with Gasteiger partial charge < -0.3 is 25.0 Å². The maximum Gasteiger partial charge on any atom is 0.265 e. The van der Waals surface area contributed by atoms with Gasteiger partial charge in [-0.15, -0.1) is 11.3 Å². The maximum absolute atomic E-state index is 13.3. The fourth-order valence-corrected chi connectivity index (χ4v) is 5.18. The Morgan fingerprint density at radius 1 is 1.18 bits per heavy atom. The molecule has 0 spiro atoms. The first-order chi connectivity index (χ1) is 16.5. The largest absolute Gasteiger partial charge is 0.490 e. The second-order valence-electron chi connectivity index (χ2n) is 9.26. The van der Waals surface area contributed by atoms with Crippen molar-refractivity contribution in [1.82, 2.24) is 10.2 Å². The fraction of sp³-hybridized carbons (Fsp3) is 0.480. The van der Waals surface area contributed by atoms with Crippen molar-refractivity contribution in [2.24, 2.45) is 5.92 Å². The summed E-state index contributed by atoms with van der Waals surface area (Å²) < 4.78 is 12.2. The summed E-state index contributed by atoms with van der Waals surface area (Å²) in [6.45, 7) is 1.04. The lowest BCUT2D eigenvalue weighted by molar-refractivity contribution is -0.134. The molecule has 180 valence electrons. The predicted octanol–water partition coefficient (Wildman–Crippen LogP) is 3.30. The number of ether oxygens (including phenoxy) is 2. The first kappa shape index (κ1) is 22.9. The van der Waals surface area contributed by atoms with Crippen LogP contribution in [0.5, 0.6) is 5.75 Å². The molecule has 3 aliphatic rings. The van der Waals surface area contributed by atoms with E-state index in [1.807, 2.05) is 11.4 Å². The molecule has 2 aromatic rings. The number of likely N-dealkylation sites (N-methyl/N-ethyl adjacent to an activating group) is 1. The van der Waals surface area contributed by atoms with Crippen molar-refractivity contribution in [3.63, 3.8) is 0 Å². The smallest absolute Gasteiger partial charge is 0.265 e. The Kier molecular flexibility index (Phi) is 6.56. The Labute approximate surface area is 202 Å².